The Bertz CT molecular complexity index is 1710. The number of fused-ring (bicyclic) bond motifs is 1. The van der Waals surface area contributed by atoms with Crippen molar-refractivity contribution >= 4 is 23.4 Å². The Balaban J connectivity index is 1.54. The van der Waals surface area contributed by atoms with Gasteiger partial charge in [0, 0.05) is 5.56 Å². The van der Waals surface area contributed by atoms with Crippen molar-refractivity contribution in [1.82, 2.24) is 4.57 Å². The minimum atomic E-state index is -0.649. The zero-order valence-electron chi connectivity index (χ0n) is 20.9. The number of aromatic nitrogens is 1. The van der Waals surface area contributed by atoms with Crippen molar-refractivity contribution in [2.45, 2.75) is 26.5 Å². The highest BCUT2D eigenvalue weighted by Crippen LogP contribution is 2.30. The summed E-state index contributed by atoms with van der Waals surface area (Å²) >= 11 is 1.26. The Hall–Kier alpha value is -4.30. The van der Waals surface area contributed by atoms with Crippen LogP contribution in [0.4, 0.5) is 4.39 Å². The topological polar surface area (TPSA) is 69.9 Å². The first-order chi connectivity index (χ1) is 18.5. The largest absolute Gasteiger partial charge is 0.489 e. The van der Waals surface area contributed by atoms with E-state index < -0.39 is 12.0 Å². The van der Waals surface area contributed by atoms with Crippen LogP contribution in [-0.4, -0.2) is 17.1 Å². The van der Waals surface area contributed by atoms with E-state index in [9.17, 15) is 14.0 Å². The Morgan fingerprint density at radius 1 is 1.08 bits per heavy atom. The van der Waals surface area contributed by atoms with Gasteiger partial charge in [-0.1, -0.05) is 72.0 Å². The van der Waals surface area contributed by atoms with Crippen molar-refractivity contribution in [3.8, 4) is 5.75 Å². The third-order valence-corrected chi connectivity index (χ3v) is 7.12. The van der Waals surface area contributed by atoms with Crippen LogP contribution in [0.25, 0.3) is 6.08 Å². The van der Waals surface area contributed by atoms with Gasteiger partial charge in [0.05, 0.1) is 28.5 Å². The molecule has 0 N–H and O–H groups in total. The molecular weight excluding hydrogens is 503 g/mol. The summed E-state index contributed by atoms with van der Waals surface area (Å²) in [6, 6.07) is 22.5. The second kappa shape index (κ2) is 11.0. The maximum absolute atomic E-state index is 14.0. The van der Waals surface area contributed by atoms with Crippen LogP contribution in [0.5, 0.6) is 5.75 Å². The maximum Gasteiger partial charge on any atom is 0.338 e. The molecule has 5 rings (SSSR count). The molecule has 192 valence electrons. The van der Waals surface area contributed by atoms with Gasteiger partial charge in [-0.25, -0.2) is 14.2 Å². The summed E-state index contributed by atoms with van der Waals surface area (Å²) in [5, 5.41) is 0. The summed E-state index contributed by atoms with van der Waals surface area (Å²) in [5.41, 5.74) is 2.61. The van der Waals surface area contributed by atoms with Crippen LogP contribution in [0, 0.1) is 5.82 Å². The lowest BCUT2D eigenvalue weighted by atomic mass is 9.96. The van der Waals surface area contributed by atoms with Gasteiger partial charge in [0.25, 0.3) is 5.56 Å². The first-order valence-corrected chi connectivity index (χ1v) is 13.0. The molecule has 0 radical (unpaired) electrons. The third kappa shape index (κ3) is 5.08. The Labute approximate surface area is 222 Å². The maximum atomic E-state index is 14.0. The number of carbonyl (C=O) groups excluding carboxylic acids is 1. The lowest BCUT2D eigenvalue weighted by Crippen LogP contribution is -2.39. The van der Waals surface area contributed by atoms with Crippen LogP contribution in [-0.2, 0) is 16.1 Å². The number of hydrogen-bond donors (Lipinski definition) is 0. The molecule has 3 aromatic carbocycles. The second-order valence-electron chi connectivity index (χ2n) is 8.67. The number of esters is 1. The summed E-state index contributed by atoms with van der Waals surface area (Å²) in [5.74, 6) is -0.260. The first kappa shape index (κ1) is 25.4. The molecule has 6 nitrogen and oxygen atoms in total. The number of allylic oxidation sites excluding steroid dienone is 1. The molecule has 1 aliphatic heterocycles. The fraction of sp³-hybridized carbons (Fsp3) is 0.167. The van der Waals surface area contributed by atoms with Gasteiger partial charge in [-0.05, 0) is 49.2 Å². The van der Waals surface area contributed by atoms with Crippen LogP contribution >= 0.6 is 11.3 Å². The Kier molecular flexibility index (Phi) is 7.33. The van der Waals surface area contributed by atoms with E-state index in [0.29, 0.717) is 31.9 Å². The monoisotopic (exact) mass is 528 g/mol. The number of benzene rings is 3. The van der Waals surface area contributed by atoms with Crippen molar-refractivity contribution < 1.29 is 18.7 Å². The van der Waals surface area contributed by atoms with Gasteiger partial charge in [-0.2, -0.15) is 0 Å². The molecule has 0 saturated heterocycles. The summed E-state index contributed by atoms with van der Waals surface area (Å²) in [7, 11) is 0. The Morgan fingerprint density at radius 2 is 1.84 bits per heavy atom. The van der Waals surface area contributed by atoms with Crippen LogP contribution < -0.4 is 19.6 Å². The smallest absolute Gasteiger partial charge is 0.338 e. The number of carbonyl (C=O) groups is 1. The molecule has 0 fully saturated rings. The minimum Gasteiger partial charge on any atom is -0.489 e. The van der Waals surface area contributed by atoms with Crippen molar-refractivity contribution in [1.29, 1.82) is 0 Å². The highest BCUT2D eigenvalue weighted by Gasteiger charge is 2.33. The van der Waals surface area contributed by atoms with Gasteiger partial charge < -0.3 is 9.47 Å². The van der Waals surface area contributed by atoms with Crippen molar-refractivity contribution in [2.75, 3.05) is 6.61 Å². The van der Waals surface area contributed by atoms with Gasteiger partial charge in [0.1, 0.15) is 18.2 Å². The number of ether oxygens (including phenoxy) is 2. The average molecular weight is 529 g/mol. The summed E-state index contributed by atoms with van der Waals surface area (Å²) in [6.45, 7) is 3.81. The molecule has 0 spiro atoms. The number of hydrogen-bond acceptors (Lipinski definition) is 6. The van der Waals surface area contributed by atoms with Crippen molar-refractivity contribution in [2.24, 2.45) is 4.99 Å². The normalized spacial score (nSPS) is 15.1. The molecule has 4 aromatic rings. The van der Waals surface area contributed by atoms with Crippen molar-refractivity contribution in [3.63, 3.8) is 0 Å². The second-order valence-corrected chi connectivity index (χ2v) is 9.67. The zero-order chi connectivity index (χ0) is 26.6. The van der Waals surface area contributed by atoms with Gasteiger partial charge in [-0.3, -0.25) is 9.36 Å². The predicted octanol–water partition coefficient (Wildman–Crippen LogP) is 4.52. The number of rotatable bonds is 7. The van der Waals surface area contributed by atoms with Gasteiger partial charge in [0.2, 0.25) is 0 Å². The molecular formula is C30H25FN2O4S. The quantitative estimate of drug-likeness (QED) is 0.331. The number of thiazole rings is 1. The van der Waals surface area contributed by atoms with Gasteiger partial charge in [-0.15, -0.1) is 0 Å². The highest BCUT2D eigenvalue weighted by molar-refractivity contribution is 7.07. The number of halogens is 1. The molecule has 2 heterocycles. The SMILES string of the molecule is CCOC(=O)C1=C(C)N=c2s/c(=C\c3cccc(OCc4ccccc4F)c3)c(=O)n2[C@H]1c1ccccc1. The molecule has 0 aliphatic carbocycles. The molecule has 8 heteroatoms. The highest BCUT2D eigenvalue weighted by atomic mass is 32.1. The van der Waals surface area contributed by atoms with Crippen molar-refractivity contribution in [3.05, 3.63) is 132 Å². The minimum absolute atomic E-state index is 0.0886. The zero-order valence-corrected chi connectivity index (χ0v) is 21.7. The molecule has 38 heavy (non-hydrogen) atoms. The Morgan fingerprint density at radius 3 is 2.61 bits per heavy atom. The van der Waals surface area contributed by atoms with Gasteiger partial charge in [0.15, 0.2) is 4.80 Å². The molecule has 0 saturated carbocycles. The van der Waals surface area contributed by atoms with E-state index in [1.165, 1.54) is 17.4 Å². The molecule has 1 aliphatic rings. The fourth-order valence-corrected chi connectivity index (χ4v) is 5.41. The van der Waals surface area contributed by atoms with Crippen LogP contribution in [0.3, 0.4) is 0 Å². The first-order valence-electron chi connectivity index (χ1n) is 12.2. The standard InChI is InChI=1S/C30H25FN2O4S/c1-3-36-29(35)26-19(2)32-30-33(27(26)21-11-5-4-6-12-21)28(34)25(38-30)17-20-10-9-14-23(16-20)37-18-22-13-7-8-15-24(22)31/h4-17,27H,3,18H2,1-2H3/b25-17-/t27-/m0/s1. The molecule has 0 unspecified atom stereocenters. The van der Waals surface area contributed by atoms with Crippen LogP contribution in [0.15, 0.2) is 99.9 Å². The predicted molar refractivity (Wildman–Crippen MR) is 144 cm³/mol. The van der Waals surface area contributed by atoms with Crippen LogP contribution in [0.1, 0.15) is 36.6 Å². The van der Waals surface area contributed by atoms with E-state index in [2.05, 4.69) is 4.99 Å². The molecule has 0 amide bonds. The fourth-order valence-electron chi connectivity index (χ4n) is 4.36. The average Bonchev–Trinajstić information content (AvgIpc) is 3.22. The van der Waals surface area contributed by atoms with E-state index in [1.54, 1.807) is 54.8 Å². The third-order valence-electron chi connectivity index (χ3n) is 6.14. The molecule has 1 atom stereocenters. The van der Waals surface area contributed by atoms with E-state index in [0.717, 1.165) is 11.1 Å². The summed E-state index contributed by atoms with van der Waals surface area (Å²) in [4.78, 5) is 31.7. The van der Waals surface area contributed by atoms with E-state index in [1.807, 2.05) is 42.5 Å². The number of nitrogens with zero attached hydrogens (tertiary/aromatic N) is 2. The molecule has 0 bridgehead atoms. The van der Waals surface area contributed by atoms with Crippen LogP contribution in [0.2, 0.25) is 0 Å². The van der Waals surface area contributed by atoms with Gasteiger partial charge >= 0.3 is 5.97 Å². The van der Waals surface area contributed by atoms with E-state index in [4.69, 9.17) is 9.47 Å². The van der Waals surface area contributed by atoms with E-state index >= 15 is 0 Å². The van der Waals surface area contributed by atoms with E-state index in [-0.39, 0.29) is 24.6 Å². The lowest BCUT2D eigenvalue weighted by Gasteiger charge is -2.24. The summed E-state index contributed by atoms with van der Waals surface area (Å²) < 4.78 is 27.1. The molecule has 1 aromatic heterocycles. The summed E-state index contributed by atoms with van der Waals surface area (Å²) in [6.07, 6.45) is 1.77. The lowest BCUT2D eigenvalue weighted by molar-refractivity contribution is -0.139.